The summed E-state index contributed by atoms with van der Waals surface area (Å²) in [6.07, 6.45) is 1.76. The Morgan fingerprint density at radius 2 is 2.08 bits per heavy atom. The van der Waals surface area contributed by atoms with Gasteiger partial charge in [-0.1, -0.05) is 6.07 Å². The van der Waals surface area contributed by atoms with E-state index in [0.29, 0.717) is 0 Å². The molecule has 1 aromatic carbocycles. The van der Waals surface area contributed by atoms with Crippen molar-refractivity contribution < 1.29 is 0 Å². The highest BCUT2D eigenvalue weighted by Gasteiger charge is 1.98. The van der Waals surface area contributed by atoms with E-state index in [1.807, 2.05) is 25.1 Å². The van der Waals surface area contributed by atoms with E-state index in [0.717, 1.165) is 16.6 Å². The summed E-state index contributed by atoms with van der Waals surface area (Å²) in [6.45, 7) is 2.03. The van der Waals surface area contributed by atoms with Crippen LogP contribution in [0.1, 0.15) is 5.56 Å². The van der Waals surface area contributed by atoms with Gasteiger partial charge >= 0.3 is 0 Å². The summed E-state index contributed by atoms with van der Waals surface area (Å²) in [6, 6.07) is 7.96. The Bertz CT molecular complexity index is 426. The van der Waals surface area contributed by atoms with Gasteiger partial charge in [0.1, 0.15) is 0 Å². The monoisotopic (exact) mass is 194 g/mol. The van der Waals surface area contributed by atoms with Crippen molar-refractivity contribution in [2.24, 2.45) is 0 Å². The van der Waals surface area contributed by atoms with Crippen molar-refractivity contribution >= 4 is 29.0 Å². The average Bonchev–Trinajstić information content (AvgIpc) is 2.04. The van der Waals surface area contributed by atoms with Gasteiger partial charge < -0.3 is 5.73 Å². The van der Waals surface area contributed by atoms with Crippen molar-refractivity contribution in [2.75, 3.05) is 5.73 Å². The number of fused-ring (bicyclic) bond motifs is 1. The van der Waals surface area contributed by atoms with Gasteiger partial charge in [0.2, 0.25) is 0 Å². The summed E-state index contributed by atoms with van der Waals surface area (Å²) in [5.41, 5.74) is 8.62. The number of nitrogens with zero attached hydrogens (tertiary/aromatic N) is 1. The molecule has 2 rings (SSSR count). The molecule has 0 atom stereocenters. The van der Waals surface area contributed by atoms with Gasteiger partial charge in [0.25, 0.3) is 0 Å². The van der Waals surface area contributed by atoms with Gasteiger partial charge in [-0.2, -0.15) is 0 Å². The minimum atomic E-state index is 0. The van der Waals surface area contributed by atoms with Crippen LogP contribution in [0.2, 0.25) is 0 Å². The van der Waals surface area contributed by atoms with E-state index < -0.39 is 0 Å². The van der Waals surface area contributed by atoms with Gasteiger partial charge in [-0.05, 0) is 30.7 Å². The van der Waals surface area contributed by atoms with E-state index in [9.17, 15) is 0 Å². The fourth-order valence-electron chi connectivity index (χ4n) is 1.38. The van der Waals surface area contributed by atoms with Crippen molar-refractivity contribution in [3.05, 3.63) is 36.0 Å². The molecule has 1 heterocycles. The van der Waals surface area contributed by atoms with Gasteiger partial charge in [0.15, 0.2) is 0 Å². The molecule has 2 aromatic rings. The molecule has 0 fully saturated rings. The molecule has 1 aromatic heterocycles. The lowest BCUT2D eigenvalue weighted by Crippen LogP contribution is -1.90. The predicted octanol–water partition coefficient (Wildman–Crippen LogP) is 2.55. The zero-order chi connectivity index (χ0) is 8.55. The second kappa shape index (κ2) is 3.62. The maximum Gasteiger partial charge on any atom is 0.0931 e. The Morgan fingerprint density at radius 1 is 1.31 bits per heavy atom. The van der Waals surface area contributed by atoms with Crippen LogP contribution in [0.15, 0.2) is 30.5 Å². The van der Waals surface area contributed by atoms with E-state index in [4.69, 9.17) is 5.73 Å². The third-order valence-corrected chi connectivity index (χ3v) is 1.88. The van der Waals surface area contributed by atoms with E-state index in [2.05, 4.69) is 11.1 Å². The molecule has 0 amide bonds. The van der Waals surface area contributed by atoms with E-state index in [1.54, 1.807) is 6.20 Å². The Balaban J connectivity index is 0.000000845. The molecule has 0 radical (unpaired) electrons. The van der Waals surface area contributed by atoms with Crippen LogP contribution in [-0.2, 0) is 0 Å². The first-order chi connectivity index (χ1) is 5.77. The molecule has 0 aliphatic rings. The number of rotatable bonds is 0. The number of benzene rings is 1. The van der Waals surface area contributed by atoms with Crippen LogP contribution in [0.3, 0.4) is 0 Å². The van der Waals surface area contributed by atoms with Crippen LogP contribution in [0.4, 0.5) is 5.69 Å². The van der Waals surface area contributed by atoms with Crippen molar-refractivity contribution in [3.63, 3.8) is 0 Å². The molecule has 0 aliphatic heterocycles. The quantitative estimate of drug-likeness (QED) is 0.655. The Kier molecular flexibility index (Phi) is 2.73. The maximum atomic E-state index is 5.79. The summed E-state index contributed by atoms with van der Waals surface area (Å²) in [5, 5.41) is 1.11. The highest BCUT2D eigenvalue weighted by atomic mass is 35.5. The summed E-state index contributed by atoms with van der Waals surface area (Å²) in [5.74, 6) is 0. The Hall–Kier alpha value is -1.28. The summed E-state index contributed by atoms with van der Waals surface area (Å²) < 4.78 is 0. The molecule has 3 heteroatoms. The second-order valence-electron chi connectivity index (χ2n) is 2.93. The molecule has 0 unspecified atom stereocenters. The lowest BCUT2D eigenvalue weighted by atomic mass is 10.1. The molecule has 0 saturated carbocycles. The van der Waals surface area contributed by atoms with Crippen molar-refractivity contribution in [3.8, 4) is 0 Å². The number of aromatic nitrogens is 1. The average molecular weight is 195 g/mol. The number of nitrogens with two attached hydrogens (primary N) is 1. The van der Waals surface area contributed by atoms with Crippen LogP contribution in [-0.4, -0.2) is 4.98 Å². The van der Waals surface area contributed by atoms with Gasteiger partial charge in [-0.25, -0.2) is 0 Å². The first-order valence-corrected chi connectivity index (χ1v) is 3.88. The van der Waals surface area contributed by atoms with Crippen LogP contribution in [0.25, 0.3) is 10.9 Å². The molecule has 2 nitrogen and oxygen atoms in total. The number of nitrogen functional groups attached to an aromatic ring is 1. The molecule has 0 spiro atoms. The van der Waals surface area contributed by atoms with Crippen LogP contribution in [0, 0.1) is 6.92 Å². The maximum absolute atomic E-state index is 5.79. The number of hydrogen-bond donors (Lipinski definition) is 1. The number of hydrogen-bond acceptors (Lipinski definition) is 2. The van der Waals surface area contributed by atoms with Gasteiger partial charge in [0.05, 0.1) is 11.2 Å². The standard InChI is InChI=1S/C10H10N2.ClH/c1-7-5-8-3-2-4-12-10(8)9(11)6-7;/h2-6H,11H2,1H3;1H. The third kappa shape index (κ3) is 1.73. The molecule has 68 valence electrons. The highest BCUT2D eigenvalue weighted by Crippen LogP contribution is 2.19. The van der Waals surface area contributed by atoms with E-state index >= 15 is 0 Å². The molecular weight excluding hydrogens is 184 g/mol. The van der Waals surface area contributed by atoms with Crippen LogP contribution >= 0.6 is 12.4 Å². The predicted molar refractivity (Wildman–Crippen MR) is 58.1 cm³/mol. The smallest absolute Gasteiger partial charge is 0.0931 e. The van der Waals surface area contributed by atoms with Crippen molar-refractivity contribution in [1.29, 1.82) is 0 Å². The lowest BCUT2D eigenvalue weighted by Gasteiger charge is -2.01. The second-order valence-corrected chi connectivity index (χ2v) is 2.93. The zero-order valence-electron chi connectivity index (χ0n) is 7.32. The summed E-state index contributed by atoms with van der Waals surface area (Å²) in [7, 11) is 0. The third-order valence-electron chi connectivity index (χ3n) is 1.88. The molecule has 0 bridgehead atoms. The molecule has 2 N–H and O–H groups in total. The van der Waals surface area contributed by atoms with Gasteiger partial charge in [-0.15, -0.1) is 12.4 Å². The summed E-state index contributed by atoms with van der Waals surface area (Å²) >= 11 is 0. The molecule has 0 aliphatic carbocycles. The highest BCUT2D eigenvalue weighted by molar-refractivity contribution is 5.89. The van der Waals surface area contributed by atoms with Crippen LogP contribution < -0.4 is 5.73 Å². The van der Waals surface area contributed by atoms with E-state index in [1.165, 1.54) is 5.56 Å². The van der Waals surface area contributed by atoms with Crippen molar-refractivity contribution in [1.82, 2.24) is 4.98 Å². The fourth-order valence-corrected chi connectivity index (χ4v) is 1.38. The minimum absolute atomic E-state index is 0. The number of halogens is 1. The first-order valence-electron chi connectivity index (χ1n) is 3.88. The SMILES string of the molecule is Cc1cc(N)c2ncccc2c1.Cl. The first kappa shape index (κ1) is 9.81. The normalized spacial score (nSPS) is 9.62. The molecule has 0 saturated heterocycles. The zero-order valence-corrected chi connectivity index (χ0v) is 8.14. The molecule has 13 heavy (non-hydrogen) atoms. The van der Waals surface area contributed by atoms with Gasteiger partial charge in [0, 0.05) is 11.6 Å². The Morgan fingerprint density at radius 3 is 2.85 bits per heavy atom. The number of pyridine rings is 1. The number of aryl methyl sites for hydroxylation is 1. The van der Waals surface area contributed by atoms with E-state index in [-0.39, 0.29) is 12.4 Å². The van der Waals surface area contributed by atoms with Gasteiger partial charge in [-0.3, -0.25) is 4.98 Å². The van der Waals surface area contributed by atoms with Crippen LogP contribution in [0.5, 0.6) is 0 Å². The van der Waals surface area contributed by atoms with Crippen molar-refractivity contribution in [2.45, 2.75) is 6.92 Å². The Labute approximate surface area is 83.2 Å². The minimum Gasteiger partial charge on any atom is -0.397 e. The summed E-state index contributed by atoms with van der Waals surface area (Å²) in [4.78, 5) is 4.20. The molecular formula is C10H11ClN2. The number of anilines is 1. The lowest BCUT2D eigenvalue weighted by molar-refractivity contribution is 1.39. The largest absolute Gasteiger partial charge is 0.397 e. The topological polar surface area (TPSA) is 38.9 Å². The fraction of sp³-hybridized carbons (Fsp3) is 0.100.